The molecule has 1 fully saturated rings. The largest absolute Gasteiger partial charge is 0.484 e. The van der Waals surface area contributed by atoms with Gasteiger partial charge in [0.1, 0.15) is 5.75 Å². The highest BCUT2D eigenvalue weighted by molar-refractivity contribution is 6.30. The Balaban J connectivity index is 1.29. The molecule has 9 heteroatoms. The van der Waals surface area contributed by atoms with E-state index in [1.165, 1.54) is 0 Å². The van der Waals surface area contributed by atoms with Gasteiger partial charge in [-0.1, -0.05) is 29.8 Å². The normalized spacial score (nSPS) is 14.7. The molecule has 0 spiro atoms. The second-order valence-electron chi connectivity index (χ2n) is 7.19. The molecule has 30 heavy (non-hydrogen) atoms. The first kappa shape index (κ1) is 20.3. The average Bonchev–Trinajstić information content (AvgIpc) is 3.22. The molecule has 1 aliphatic rings. The van der Waals surface area contributed by atoms with Crippen LogP contribution in [0.5, 0.6) is 5.75 Å². The zero-order chi connectivity index (χ0) is 20.9. The van der Waals surface area contributed by atoms with Crippen LogP contribution in [0, 0.1) is 6.92 Å². The van der Waals surface area contributed by atoms with Crippen molar-refractivity contribution in [3.63, 3.8) is 0 Å². The Bertz CT molecular complexity index is 999. The third-order valence-electron chi connectivity index (χ3n) is 5.14. The number of piperazine rings is 1. The summed E-state index contributed by atoms with van der Waals surface area (Å²) >= 11 is 5.96. The molecule has 2 aromatic carbocycles. The van der Waals surface area contributed by atoms with Crippen molar-refractivity contribution in [2.45, 2.75) is 13.5 Å². The fourth-order valence-corrected chi connectivity index (χ4v) is 3.52. The van der Waals surface area contributed by atoms with Gasteiger partial charge >= 0.3 is 0 Å². The van der Waals surface area contributed by atoms with Crippen LogP contribution in [0.4, 0.5) is 0 Å². The van der Waals surface area contributed by atoms with Crippen molar-refractivity contribution < 1.29 is 9.53 Å². The summed E-state index contributed by atoms with van der Waals surface area (Å²) in [6.45, 7) is 5.44. The van der Waals surface area contributed by atoms with Gasteiger partial charge in [-0.3, -0.25) is 9.69 Å². The summed E-state index contributed by atoms with van der Waals surface area (Å²) in [5, 5.41) is 12.7. The summed E-state index contributed by atoms with van der Waals surface area (Å²) in [6.07, 6.45) is 0. The van der Waals surface area contributed by atoms with Crippen molar-refractivity contribution in [2.24, 2.45) is 0 Å². The lowest BCUT2D eigenvalue weighted by molar-refractivity contribution is -0.135. The highest BCUT2D eigenvalue weighted by atomic mass is 35.5. The Morgan fingerprint density at radius 1 is 1.07 bits per heavy atom. The smallest absolute Gasteiger partial charge is 0.260 e. The van der Waals surface area contributed by atoms with Gasteiger partial charge in [0.25, 0.3) is 5.91 Å². The number of hydrogen-bond donors (Lipinski definition) is 0. The molecular formula is C21H23ClN6O2. The first-order chi connectivity index (χ1) is 14.6. The van der Waals surface area contributed by atoms with Crippen LogP contribution in [0.25, 0.3) is 5.69 Å². The number of carbonyl (C=O) groups excluding carboxylic acids is 1. The van der Waals surface area contributed by atoms with Gasteiger partial charge < -0.3 is 9.64 Å². The van der Waals surface area contributed by atoms with Crippen molar-refractivity contribution in [3.05, 3.63) is 64.9 Å². The molecule has 0 aliphatic carbocycles. The van der Waals surface area contributed by atoms with Gasteiger partial charge in [0.05, 0.1) is 12.2 Å². The van der Waals surface area contributed by atoms with Gasteiger partial charge in [-0.05, 0) is 53.2 Å². The number of carbonyl (C=O) groups is 1. The minimum absolute atomic E-state index is 0.00361. The van der Waals surface area contributed by atoms with E-state index in [2.05, 4.69) is 20.4 Å². The maximum absolute atomic E-state index is 12.5. The Morgan fingerprint density at radius 3 is 2.53 bits per heavy atom. The number of para-hydroxylation sites is 1. The molecule has 0 atom stereocenters. The van der Waals surface area contributed by atoms with E-state index in [1.54, 1.807) is 4.68 Å². The molecular weight excluding hydrogens is 404 g/mol. The number of aromatic nitrogens is 4. The van der Waals surface area contributed by atoms with Crippen LogP contribution in [-0.2, 0) is 11.3 Å². The molecule has 0 radical (unpaired) electrons. The third kappa shape index (κ3) is 4.77. The number of aryl methyl sites for hydroxylation is 1. The number of ether oxygens (including phenoxy) is 1. The van der Waals surface area contributed by atoms with E-state index < -0.39 is 0 Å². The summed E-state index contributed by atoms with van der Waals surface area (Å²) < 4.78 is 7.41. The maximum atomic E-state index is 12.5. The molecule has 1 saturated heterocycles. The number of amides is 1. The second-order valence-corrected chi connectivity index (χ2v) is 7.63. The number of halogens is 1. The summed E-state index contributed by atoms with van der Waals surface area (Å²) in [4.78, 5) is 16.6. The second kappa shape index (κ2) is 9.23. The lowest BCUT2D eigenvalue weighted by atomic mass is 10.2. The minimum Gasteiger partial charge on any atom is -0.484 e. The molecule has 0 bridgehead atoms. The van der Waals surface area contributed by atoms with Crippen LogP contribution in [-0.4, -0.2) is 68.7 Å². The van der Waals surface area contributed by atoms with Crippen molar-refractivity contribution in [1.29, 1.82) is 0 Å². The van der Waals surface area contributed by atoms with E-state index in [0.29, 0.717) is 24.7 Å². The van der Waals surface area contributed by atoms with Crippen molar-refractivity contribution in [3.8, 4) is 11.4 Å². The van der Waals surface area contributed by atoms with Gasteiger partial charge in [0, 0.05) is 31.2 Å². The fraction of sp³-hybridized carbons (Fsp3) is 0.333. The van der Waals surface area contributed by atoms with E-state index in [-0.39, 0.29) is 12.5 Å². The predicted molar refractivity (Wildman–Crippen MR) is 113 cm³/mol. The maximum Gasteiger partial charge on any atom is 0.260 e. The van der Waals surface area contributed by atoms with Gasteiger partial charge in [-0.15, -0.1) is 5.10 Å². The zero-order valence-corrected chi connectivity index (χ0v) is 17.5. The lowest BCUT2D eigenvalue weighted by Crippen LogP contribution is -2.49. The number of tetrazole rings is 1. The number of benzene rings is 2. The lowest BCUT2D eigenvalue weighted by Gasteiger charge is -2.34. The van der Waals surface area contributed by atoms with Crippen LogP contribution in [0.2, 0.25) is 5.02 Å². The molecule has 1 aliphatic heterocycles. The molecule has 8 nitrogen and oxygen atoms in total. The minimum atomic E-state index is 0.00361. The Kier molecular flexibility index (Phi) is 6.25. The molecule has 1 aromatic heterocycles. The Labute approximate surface area is 180 Å². The quantitative estimate of drug-likeness (QED) is 0.602. The third-order valence-corrected chi connectivity index (χ3v) is 5.39. The summed E-state index contributed by atoms with van der Waals surface area (Å²) in [5.74, 6) is 1.50. The van der Waals surface area contributed by atoms with Crippen molar-refractivity contribution in [2.75, 3.05) is 32.8 Å². The van der Waals surface area contributed by atoms with Crippen LogP contribution >= 0.6 is 11.6 Å². The number of hydrogen-bond acceptors (Lipinski definition) is 6. The van der Waals surface area contributed by atoms with Crippen LogP contribution < -0.4 is 4.74 Å². The van der Waals surface area contributed by atoms with Gasteiger partial charge in [0.2, 0.25) is 0 Å². The SMILES string of the molecule is Cc1ccccc1OCC(=O)N1CCN(Cc2nnnn2-c2ccc(Cl)cc2)CC1. The van der Waals surface area contributed by atoms with E-state index in [4.69, 9.17) is 16.3 Å². The van der Waals surface area contributed by atoms with Crippen LogP contribution in [0.15, 0.2) is 48.5 Å². The topological polar surface area (TPSA) is 76.4 Å². The summed E-state index contributed by atoms with van der Waals surface area (Å²) in [5.41, 5.74) is 1.88. The molecule has 156 valence electrons. The number of nitrogens with zero attached hydrogens (tertiary/aromatic N) is 6. The fourth-order valence-electron chi connectivity index (χ4n) is 3.39. The summed E-state index contributed by atoms with van der Waals surface area (Å²) in [6, 6.07) is 15.1. The van der Waals surface area contributed by atoms with E-state index >= 15 is 0 Å². The van der Waals surface area contributed by atoms with Gasteiger partial charge in [0.15, 0.2) is 12.4 Å². The van der Waals surface area contributed by atoms with Crippen LogP contribution in [0.3, 0.4) is 0 Å². The first-order valence-corrected chi connectivity index (χ1v) is 10.2. The molecule has 4 rings (SSSR count). The zero-order valence-electron chi connectivity index (χ0n) is 16.7. The molecule has 1 amide bonds. The van der Waals surface area contributed by atoms with E-state index in [0.717, 1.165) is 35.9 Å². The molecule has 0 unspecified atom stereocenters. The summed E-state index contributed by atoms with van der Waals surface area (Å²) in [7, 11) is 0. The molecule has 0 saturated carbocycles. The Morgan fingerprint density at radius 2 is 1.80 bits per heavy atom. The molecule has 3 aromatic rings. The highest BCUT2D eigenvalue weighted by Crippen LogP contribution is 2.17. The van der Waals surface area contributed by atoms with E-state index in [9.17, 15) is 4.79 Å². The average molecular weight is 427 g/mol. The van der Waals surface area contributed by atoms with Crippen molar-refractivity contribution in [1.82, 2.24) is 30.0 Å². The molecule has 2 heterocycles. The predicted octanol–water partition coefficient (Wildman–Crippen LogP) is 2.35. The monoisotopic (exact) mass is 426 g/mol. The standard InChI is InChI=1S/C21H23ClN6O2/c1-16-4-2-3-5-19(16)30-15-21(29)27-12-10-26(11-13-27)14-20-23-24-25-28(20)18-8-6-17(22)7-9-18/h2-9H,10-15H2,1H3. The van der Waals surface area contributed by atoms with Crippen LogP contribution in [0.1, 0.15) is 11.4 Å². The van der Waals surface area contributed by atoms with E-state index in [1.807, 2.05) is 60.4 Å². The molecule has 0 N–H and O–H groups in total. The first-order valence-electron chi connectivity index (χ1n) is 9.82. The van der Waals surface area contributed by atoms with Crippen molar-refractivity contribution >= 4 is 17.5 Å². The van der Waals surface area contributed by atoms with Gasteiger partial charge in [-0.2, -0.15) is 4.68 Å². The highest BCUT2D eigenvalue weighted by Gasteiger charge is 2.23. The Hall–Kier alpha value is -2.97. The number of rotatable bonds is 6. The van der Waals surface area contributed by atoms with Gasteiger partial charge in [-0.25, -0.2) is 0 Å².